The highest BCUT2D eigenvalue weighted by molar-refractivity contribution is 5.88. The van der Waals surface area contributed by atoms with Crippen LogP contribution in [0.3, 0.4) is 0 Å². The summed E-state index contributed by atoms with van der Waals surface area (Å²) in [7, 11) is 0. The van der Waals surface area contributed by atoms with Crippen LogP contribution >= 0.6 is 0 Å². The number of hydrogen-bond donors (Lipinski definition) is 3. The van der Waals surface area contributed by atoms with E-state index in [1.54, 1.807) is 12.1 Å². The van der Waals surface area contributed by atoms with Crippen LogP contribution < -0.4 is 21.1 Å². The average molecular weight is 302 g/mol. The lowest BCUT2D eigenvalue weighted by Gasteiger charge is -2.15. The summed E-state index contributed by atoms with van der Waals surface area (Å²) < 4.78 is 5.68. The first-order valence-electron chi connectivity index (χ1n) is 6.74. The van der Waals surface area contributed by atoms with Crippen LogP contribution in [0.4, 0.5) is 17.6 Å². The van der Waals surface area contributed by atoms with Gasteiger partial charge in [-0.25, -0.2) is 9.97 Å². The maximum Gasteiger partial charge on any atom is 0.227 e. The van der Waals surface area contributed by atoms with Gasteiger partial charge in [0.05, 0.1) is 6.04 Å². The first-order valence-corrected chi connectivity index (χ1v) is 6.74. The minimum absolute atomic E-state index is 0.0359. The predicted octanol–water partition coefficient (Wildman–Crippen LogP) is 1.29. The van der Waals surface area contributed by atoms with Crippen LogP contribution in [0.1, 0.15) is 13.8 Å². The minimum atomic E-state index is -0.125. The molecule has 0 aliphatic carbocycles. The van der Waals surface area contributed by atoms with Gasteiger partial charge in [-0.15, -0.1) is 0 Å². The number of amides is 1. The standard InChI is InChI=1S/C14H18N6O2/c1-9(18-14-17-8-16-13(15)20-14)7-22-12-5-3-4-11(6-12)19-10(2)21/h3-6,8-9H,7H2,1-2H3,(H,19,21)(H3,15,16,17,18,20). The Bertz CT molecular complexity index is 649. The van der Waals surface area contributed by atoms with Gasteiger partial charge in [0.2, 0.25) is 17.8 Å². The largest absolute Gasteiger partial charge is 0.491 e. The van der Waals surface area contributed by atoms with E-state index in [1.807, 2.05) is 19.1 Å². The fourth-order valence-corrected chi connectivity index (χ4v) is 1.73. The van der Waals surface area contributed by atoms with Gasteiger partial charge < -0.3 is 21.1 Å². The quantitative estimate of drug-likeness (QED) is 0.736. The van der Waals surface area contributed by atoms with Crippen LogP contribution in [0.2, 0.25) is 0 Å². The molecule has 0 aliphatic rings. The molecule has 4 N–H and O–H groups in total. The molecular formula is C14H18N6O2. The second-order valence-corrected chi connectivity index (χ2v) is 4.73. The highest BCUT2D eigenvalue weighted by Gasteiger charge is 2.06. The second-order valence-electron chi connectivity index (χ2n) is 4.73. The fraction of sp³-hybridized carbons (Fsp3) is 0.286. The Hall–Kier alpha value is -2.90. The van der Waals surface area contributed by atoms with E-state index >= 15 is 0 Å². The van der Waals surface area contributed by atoms with Crippen molar-refractivity contribution in [3.8, 4) is 5.75 Å². The molecule has 2 aromatic rings. The van der Waals surface area contributed by atoms with Gasteiger partial charge >= 0.3 is 0 Å². The zero-order chi connectivity index (χ0) is 15.9. The first kappa shape index (κ1) is 15.5. The summed E-state index contributed by atoms with van der Waals surface area (Å²) in [5.74, 6) is 1.10. The van der Waals surface area contributed by atoms with Crippen LogP contribution in [-0.4, -0.2) is 33.5 Å². The molecule has 0 aliphatic heterocycles. The Kier molecular flexibility index (Phi) is 5.07. The number of nitrogen functional groups attached to an aromatic ring is 1. The monoisotopic (exact) mass is 302 g/mol. The summed E-state index contributed by atoms with van der Waals surface area (Å²) in [5, 5.41) is 5.77. The number of carbonyl (C=O) groups excluding carboxylic acids is 1. The summed E-state index contributed by atoms with van der Waals surface area (Å²) in [6.45, 7) is 3.78. The number of nitrogens with one attached hydrogen (secondary N) is 2. The normalized spacial score (nSPS) is 11.5. The van der Waals surface area contributed by atoms with Crippen LogP contribution in [0.5, 0.6) is 5.75 Å². The molecule has 0 saturated heterocycles. The number of anilines is 3. The van der Waals surface area contributed by atoms with Crippen molar-refractivity contribution in [1.29, 1.82) is 0 Å². The molecule has 0 radical (unpaired) electrons. The van der Waals surface area contributed by atoms with E-state index in [1.165, 1.54) is 13.3 Å². The van der Waals surface area contributed by atoms with Crippen molar-refractivity contribution in [2.45, 2.75) is 19.9 Å². The Morgan fingerprint density at radius 3 is 2.95 bits per heavy atom. The third kappa shape index (κ3) is 4.89. The van der Waals surface area contributed by atoms with Crippen molar-refractivity contribution in [3.05, 3.63) is 30.6 Å². The zero-order valence-electron chi connectivity index (χ0n) is 12.4. The SMILES string of the molecule is CC(=O)Nc1cccc(OCC(C)Nc2ncnc(N)n2)c1. The maximum atomic E-state index is 11.0. The first-order chi connectivity index (χ1) is 10.5. The Morgan fingerprint density at radius 2 is 2.23 bits per heavy atom. The van der Waals surface area contributed by atoms with E-state index in [9.17, 15) is 4.79 Å². The van der Waals surface area contributed by atoms with Gasteiger partial charge in [-0.1, -0.05) is 6.07 Å². The summed E-state index contributed by atoms with van der Waals surface area (Å²) in [5.41, 5.74) is 6.18. The van der Waals surface area contributed by atoms with Crippen LogP contribution in [0.25, 0.3) is 0 Å². The molecule has 22 heavy (non-hydrogen) atoms. The van der Waals surface area contributed by atoms with Crippen molar-refractivity contribution < 1.29 is 9.53 Å². The topological polar surface area (TPSA) is 115 Å². The number of carbonyl (C=O) groups is 1. The van der Waals surface area contributed by atoms with Gasteiger partial charge in [-0.3, -0.25) is 4.79 Å². The van der Waals surface area contributed by atoms with E-state index < -0.39 is 0 Å². The lowest BCUT2D eigenvalue weighted by Crippen LogP contribution is -2.25. The van der Waals surface area contributed by atoms with Gasteiger partial charge in [-0.05, 0) is 19.1 Å². The number of ether oxygens (including phenoxy) is 1. The third-order valence-corrected chi connectivity index (χ3v) is 2.62. The van der Waals surface area contributed by atoms with E-state index in [0.717, 1.165) is 0 Å². The zero-order valence-corrected chi connectivity index (χ0v) is 12.4. The molecule has 2 rings (SSSR count). The van der Waals surface area contributed by atoms with E-state index in [2.05, 4.69) is 25.6 Å². The second kappa shape index (κ2) is 7.21. The molecular weight excluding hydrogens is 284 g/mol. The number of rotatable bonds is 6. The summed E-state index contributed by atoms with van der Waals surface area (Å²) in [4.78, 5) is 22.7. The van der Waals surface area contributed by atoms with E-state index in [4.69, 9.17) is 10.5 Å². The van der Waals surface area contributed by atoms with Gasteiger partial charge in [0.25, 0.3) is 0 Å². The summed E-state index contributed by atoms with van der Waals surface area (Å²) in [6.07, 6.45) is 1.34. The summed E-state index contributed by atoms with van der Waals surface area (Å²) >= 11 is 0. The molecule has 1 atom stereocenters. The Morgan fingerprint density at radius 1 is 1.41 bits per heavy atom. The number of nitrogens with two attached hydrogens (primary N) is 1. The molecule has 1 aromatic heterocycles. The number of benzene rings is 1. The lowest BCUT2D eigenvalue weighted by molar-refractivity contribution is -0.114. The maximum absolute atomic E-state index is 11.0. The molecule has 1 unspecified atom stereocenters. The molecule has 0 fully saturated rings. The van der Waals surface area contributed by atoms with Crippen molar-refractivity contribution >= 4 is 23.5 Å². The van der Waals surface area contributed by atoms with Gasteiger partial charge in [0, 0.05) is 18.7 Å². The van der Waals surface area contributed by atoms with Gasteiger partial charge in [0.1, 0.15) is 18.7 Å². The van der Waals surface area contributed by atoms with Crippen molar-refractivity contribution in [1.82, 2.24) is 15.0 Å². The summed E-state index contributed by atoms with van der Waals surface area (Å²) in [6, 6.07) is 7.15. The Labute approximate surface area is 128 Å². The van der Waals surface area contributed by atoms with Crippen molar-refractivity contribution in [2.75, 3.05) is 23.0 Å². The molecule has 8 nitrogen and oxygen atoms in total. The Balaban J connectivity index is 1.88. The van der Waals surface area contributed by atoms with Crippen LogP contribution in [0, 0.1) is 0 Å². The average Bonchev–Trinajstić information content (AvgIpc) is 2.45. The molecule has 0 saturated carbocycles. The van der Waals surface area contributed by atoms with Crippen molar-refractivity contribution in [2.24, 2.45) is 0 Å². The molecule has 0 spiro atoms. The molecule has 0 bridgehead atoms. The fourth-order valence-electron chi connectivity index (χ4n) is 1.73. The van der Waals surface area contributed by atoms with Crippen LogP contribution in [0.15, 0.2) is 30.6 Å². The lowest BCUT2D eigenvalue weighted by atomic mass is 10.3. The molecule has 116 valence electrons. The minimum Gasteiger partial charge on any atom is -0.491 e. The van der Waals surface area contributed by atoms with Gasteiger partial charge in [0.15, 0.2) is 0 Å². The molecule has 8 heteroatoms. The third-order valence-electron chi connectivity index (χ3n) is 2.62. The highest BCUT2D eigenvalue weighted by atomic mass is 16.5. The van der Waals surface area contributed by atoms with Gasteiger partial charge in [-0.2, -0.15) is 4.98 Å². The molecule has 1 amide bonds. The van der Waals surface area contributed by atoms with E-state index in [0.29, 0.717) is 24.0 Å². The smallest absolute Gasteiger partial charge is 0.227 e. The number of aromatic nitrogens is 3. The highest BCUT2D eigenvalue weighted by Crippen LogP contribution is 2.17. The molecule has 1 aromatic carbocycles. The van der Waals surface area contributed by atoms with Crippen LogP contribution in [-0.2, 0) is 4.79 Å². The molecule has 1 heterocycles. The van der Waals surface area contributed by atoms with E-state index in [-0.39, 0.29) is 17.9 Å². The predicted molar refractivity (Wildman–Crippen MR) is 83.6 cm³/mol. The number of nitrogens with zero attached hydrogens (tertiary/aromatic N) is 3. The van der Waals surface area contributed by atoms with Crippen molar-refractivity contribution in [3.63, 3.8) is 0 Å². The number of hydrogen-bond acceptors (Lipinski definition) is 7.